The Kier molecular flexibility index (Phi) is 5.54. The smallest absolute Gasteiger partial charge is 0.124 e. The van der Waals surface area contributed by atoms with E-state index in [1.165, 1.54) is 5.57 Å². The van der Waals surface area contributed by atoms with Crippen LogP contribution in [0.25, 0.3) is 0 Å². The van der Waals surface area contributed by atoms with Crippen molar-refractivity contribution in [3.05, 3.63) is 64.7 Å². The van der Waals surface area contributed by atoms with Crippen molar-refractivity contribution in [2.45, 2.75) is 38.0 Å². The van der Waals surface area contributed by atoms with Gasteiger partial charge in [0.1, 0.15) is 5.60 Å². The van der Waals surface area contributed by atoms with E-state index in [2.05, 4.69) is 23.4 Å². The van der Waals surface area contributed by atoms with E-state index in [0.717, 1.165) is 25.9 Å². The summed E-state index contributed by atoms with van der Waals surface area (Å²) in [6, 6.07) is 5.15. The number of aromatic nitrogens is 2. The highest BCUT2D eigenvalue weighted by Crippen LogP contribution is 2.37. The van der Waals surface area contributed by atoms with Crippen molar-refractivity contribution in [3.8, 4) is 0 Å². The third-order valence-corrected chi connectivity index (χ3v) is 5.67. The summed E-state index contributed by atoms with van der Waals surface area (Å²) in [5, 5.41) is 12.8. The lowest BCUT2D eigenvalue weighted by molar-refractivity contribution is -0.0611. The van der Waals surface area contributed by atoms with Crippen LogP contribution in [0.3, 0.4) is 0 Å². The lowest BCUT2D eigenvalue weighted by Gasteiger charge is -2.43. The molecule has 134 valence electrons. The molecule has 2 unspecified atom stereocenters. The molecule has 0 spiro atoms. The summed E-state index contributed by atoms with van der Waals surface area (Å²) >= 11 is 12.5. The molecule has 0 bridgehead atoms. The summed E-state index contributed by atoms with van der Waals surface area (Å²) in [4.78, 5) is 6.39. The fraction of sp³-hybridized carbons (Fsp3) is 0.421. The summed E-state index contributed by atoms with van der Waals surface area (Å²) in [6.45, 7) is 8.27. The maximum absolute atomic E-state index is 11.8. The molecule has 3 rings (SSSR count). The van der Waals surface area contributed by atoms with Gasteiger partial charge in [-0.05, 0) is 31.9 Å². The number of halogens is 2. The van der Waals surface area contributed by atoms with Gasteiger partial charge in [0.05, 0.1) is 12.9 Å². The number of hydrogen-bond acceptors (Lipinski definition) is 3. The molecular weight excluding hydrogens is 357 g/mol. The lowest BCUT2D eigenvalue weighted by atomic mass is 9.84. The SMILES string of the molecule is C=C1CCN(C(C)C(O)(Cn2ccnc2)c2ccc(Cl)cc2Cl)CC1. The minimum atomic E-state index is -1.17. The molecular formula is C19H23Cl2N3O. The van der Waals surface area contributed by atoms with Crippen LogP contribution in [0.5, 0.6) is 0 Å². The Morgan fingerprint density at radius 2 is 2.04 bits per heavy atom. The van der Waals surface area contributed by atoms with Crippen molar-refractivity contribution in [3.63, 3.8) is 0 Å². The summed E-state index contributed by atoms with van der Waals surface area (Å²) in [5.41, 5.74) is 0.788. The zero-order valence-electron chi connectivity index (χ0n) is 14.3. The third kappa shape index (κ3) is 3.93. The second-order valence-corrected chi connectivity index (χ2v) is 7.59. The van der Waals surface area contributed by atoms with Gasteiger partial charge in [-0.2, -0.15) is 0 Å². The van der Waals surface area contributed by atoms with E-state index in [1.54, 1.807) is 24.7 Å². The second-order valence-electron chi connectivity index (χ2n) is 6.75. The Hall–Kier alpha value is -1.33. The number of piperidine rings is 1. The van der Waals surface area contributed by atoms with Crippen LogP contribution < -0.4 is 0 Å². The number of benzene rings is 1. The molecule has 2 aromatic rings. The number of hydrogen-bond donors (Lipinski definition) is 1. The maximum Gasteiger partial charge on any atom is 0.124 e. The molecule has 0 aliphatic carbocycles. The monoisotopic (exact) mass is 379 g/mol. The minimum absolute atomic E-state index is 0.123. The van der Waals surface area contributed by atoms with Crippen LogP contribution in [0.1, 0.15) is 25.3 Å². The number of nitrogens with zero attached hydrogens (tertiary/aromatic N) is 3. The van der Waals surface area contributed by atoms with Gasteiger partial charge in [-0.15, -0.1) is 0 Å². The average Bonchev–Trinajstić information content (AvgIpc) is 3.07. The van der Waals surface area contributed by atoms with Gasteiger partial charge in [0, 0.05) is 47.1 Å². The Morgan fingerprint density at radius 3 is 2.64 bits per heavy atom. The Bertz CT molecular complexity index is 737. The molecule has 1 saturated heterocycles. The molecule has 2 atom stereocenters. The minimum Gasteiger partial charge on any atom is -0.382 e. The van der Waals surface area contributed by atoms with Crippen molar-refractivity contribution in [1.29, 1.82) is 0 Å². The van der Waals surface area contributed by atoms with Gasteiger partial charge in [-0.25, -0.2) is 4.98 Å². The fourth-order valence-corrected chi connectivity index (χ4v) is 4.04. The van der Waals surface area contributed by atoms with Crippen LogP contribution in [0.15, 0.2) is 49.1 Å². The Morgan fingerprint density at radius 1 is 1.32 bits per heavy atom. The molecule has 1 fully saturated rings. The van der Waals surface area contributed by atoms with E-state index in [1.807, 2.05) is 16.8 Å². The predicted octanol–water partition coefficient (Wildman–Crippen LogP) is 4.12. The fourth-order valence-electron chi connectivity index (χ4n) is 3.47. The van der Waals surface area contributed by atoms with Crippen molar-refractivity contribution < 1.29 is 5.11 Å². The molecule has 4 nitrogen and oxygen atoms in total. The molecule has 25 heavy (non-hydrogen) atoms. The average molecular weight is 380 g/mol. The standard InChI is InChI=1S/C19H23Cl2N3O/c1-14-5-8-24(9-6-14)15(2)19(25,12-23-10-7-22-13-23)17-4-3-16(20)11-18(17)21/h3-4,7,10-11,13,15,25H,1,5-6,8-9,12H2,2H3. The first kappa shape index (κ1) is 18.5. The molecule has 6 heteroatoms. The molecule has 0 saturated carbocycles. The summed E-state index contributed by atoms with van der Waals surface area (Å²) in [6.07, 6.45) is 7.18. The van der Waals surface area contributed by atoms with Gasteiger partial charge in [0.25, 0.3) is 0 Å². The topological polar surface area (TPSA) is 41.3 Å². The zero-order chi connectivity index (χ0) is 18.0. The van der Waals surface area contributed by atoms with Crippen LogP contribution in [0, 0.1) is 0 Å². The van der Waals surface area contributed by atoms with Crippen LogP contribution in [-0.4, -0.2) is 38.7 Å². The van der Waals surface area contributed by atoms with Gasteiger partial charge >= 0.3 is 0 Å². The molecule has 1 aromatic heterocycles. The van der Waals surface area contributed by atoms with Gasteiger partial charge in [0.2, 0.25) is 0 Å². The first-order valence-electron chi connectivity index (χ1n) is 8.44. The quantitative estimate of drug-likeness (QED) is 0.794. The summed E-state index contributed by atoms with van der Waals surface area (Å²) < 4.78 is 1.88. The van der Waals surface area contributed by atoms with E-state index >= 15 is 0 Å². The largest absolute Gasteiger partial charge is 0.382 e. The van der Waals surface area contributed by atoms with E-state index in [0.29, 0.717) is 22.2 Å². The van der Waals surface area contributed by atoms with Crippen LogP contribution in [0.2, 0.25) is 10.0 Å². The zero-order valence-corrected chi connectivity index (χ0v) is 15.8. The van der Waals surface area contributed by atoms with E-state index < -0.39 is 5.60 Å². The normalized spacial score (nSPS) is 19.6. The first-order valence-corrected chi connectivity index (χ1v) is 9.20. The van der Waals surface area contributed by atoms with Crippen molar-refractivity contribution in [2.24, 2.45) is 0 Å². The van der Waals surface area contributed by atoms with E-state index in [-0.39, 0.29) is 6.04 Å². The number of imidazole rings is 1. The first-order chi connectivity index (χ1) is 11.9. The van der Waals surface area contributed by atoms with Gasteiger partial charge in [-0.1, -0.05) is 41.4 Å². The molecule has 2 heterocycles. The van der Waals surface area contributed by atoms with Crippen LogP contribution in [-0.2, 0) is 12.1 Å². The second kappa shape index (κ2) is 7.50. The van der Waals surface area contributed by atoms with E-state index in [4.69, 9.17) is 23.2 Å². The number of rotatable bonds is 5. The highest BCUT2D eigenvalue weighted by molar-refractivity contribution is 6.35. The van der Waals surface area contributed by atoms with Crippen LogP contribution in [0.4, 0.5) is 0 Å². The summed E-state index contributed by atoms with van der Waals surface area (Å²) in [5.74, 6) is 0. The number of likely N-dealkylation sites (tertiary alicyclic amines) is 1. The maximum atomic E-state index is 11.8. The molecule has 0 radical (unpaired) electrons. The third-order valence-electron chi connectivity index (χ3n) is 5.12. The van der Waals surface area contributed by atoms with Crippen molar-refractivity contribution in [1.82, 2.24) is 14.5 Å². The molecule has 0 amide bonds. The van der Waals surface area contributed by atoms with Gasteiger partial charge in [0.15, 0.2) is 0 Å². The van der Waals surface area contributed by atoms with E-state index in [9.17, 15) is 5.11 Å². The Balaban J connectivity index is 1.97. The molecule has 1 aliphatic rings. The highest BCUT2D eigenvalue weighted by atomic mass is 35.5. The molecule has 1 N–H and O–H groups in total. The van der Waals surface area contributed by atoms with Crippen molar-refractivity contribution in [2.75, 3.05) is 13.1 Å². The molecule has 1 aliphatic heterocycles. The predicted molar refractivity (Wildman–Crippen MR) is 102 cm³/mol. The summed E-state index contributed by atoms with van der Waals surface area (Å²) in [7, 11) is 0. The Labute approximate surface area is 158 Å². The van der Waals surface area contributed by atoms with Gasteiger partial charge in [-0.3, -0.25) is 4.90 Å². The molecule has 1 aromatic carbocycles. The number of aliphatic hydroxyl groups is 1. The van der Waals surface area contributed by atoms with Gasteiger partial charge < -0.3 is 9.67 Å². The van der Waals surface area contributed by atoms with Crippen LogP contribution >= 0.6 is 23.2 Å². The van der Waals surface area contributed by atoms with Crippen molar-refractivity contribution >= 4 is 23.2 Å². The highest BCUT2D eigenvalue weighted by Gasteiger charge is 2.41. The lowest BCUT2D eigenvalue weighted by Crippen LogP contribution is -2.53.